The fourth-order valence-corrected chi connectivity index (χ4v) is 1.71. The lowest BCUT2D eigenvalue weighted by molar-refractivity contribution is 0.0685. The Morgan fingerprint density at radius 2 is 2.05 bits per heavy atom. The maximum absolute atomic E-state index is 12.0. The van der Waals surface area contributed by atoms with Crippen molar-refractivity contribution in [1.29, 1.82) is 0 Å². The van der Waals surface area contributed by atoms with Gasteiger partial charge in [0.05, 0.1) is 12.8 Å². The number of nitrogens with one attached hydrogen (secondary N) is 1. The summed E-state index contributed by atoms with van der Waals surface area (Å²) in [5.74, 6) is -1.14. The second-order valence-electron chi connectivity index (χ2n) is 4.00. The number of carbonyl (C=O) groups is 2. The largest absolute Gasteiger partial charge is 0.495 e. The molecule has 1 aromatic carbocycles. The van der Waals surface area contributed by atoms with Gasteiger partial charge in [0.15, 0.2) is 5.69 Å². The summed E-state index contributed by atoms with van der Waals surface area (Å²) in [6, 6.07) is 8.12. The van der Waals surface area contributed by atoms with Gasteiger partial charge in [0.2, 0.25) is 0 Å². The number of amides is 1. The summed E-state index contributed by atoms with van der Waals surface area (Å²) in [6.07, 6.45) is 0. The molecule has 2 rings (SSSR count). The third kappa shape index (κ3) is 2.61. The van der Waals surface area contributed by atoms with Crippen LogP contribution in [-0.2, 0) is 7.05 Å². The molecule has 1 amide bonds. The van der Waals surface area contributed by atoms with Gasteiger partial charge in [-0.15, -0.1) is 0 Å². The molecule has 0 saturated carbocycles. The van der Waals surface area contributed by atoms with Crippen molar-refractivity contribution in [2.75, 3.05) is 12.4 Å². The molecule has 0 saturated heterocycles. The second kappa shape index (κ2) is 5.43. The van der Waals surface area contributed by atoms with Crippen molar-refractivity contribution in [2.45, 2.75) is 0 Å². The van der Waals surface area contributed by atoms with Crippen molar-refractivity contribution < 1.29 is 19.4 Å². The molecule has 0 aliphatic rings. The van der Waals surface area contributed by atoms with Crippen LogP contribution in [0.25, 0.3) is 0 Å². The molecule has 2 N–H and O–H groups in total. The van der Waals surface area contributed by atoms with Gasteiger partial charge in [0.1, 0.15) is 11.4 Å². The van der Waals surface area contributed by atoms with E-state index in [1.54, 1.807) is 24.3 Å². The maximum Gasteiger partial charge on any atom is 0.354 e. The van der Waals surface area contributed by atoms with Crippen molar-refractivity contribution in [2.24, 2.45) is 7.05 Å². The van der Waals surface area contributed by atoms with Crippen LogP contribution in [0.1, 0.15) is 21.0 Å². The molecule has 20 heavy (non-hydrogen) atoms. The fraction of sp³-hybridized carbons (Fsp3) is 0.154. The number of anilines is 1. The number of rotatable bonds is 4. The van der Waals surface area contributed by atoms with E-state index in [-0.39, 0.29) is 11.4 Å². The number of ether oxygens (including phenoxy) is 1. The van der Waals surface area contributed by atoms with Gasteiger partial charge in [0, 0.05) is 13.1 Å². The Labute approximate surface area is 114 Å². The van der Waals surface area contributed by atoms with E-state index in [0.717, 1.165) is 4.68 Å². The van der Waals surface area contributed by atoms with Gasteiger partial charge >= 0.3 is 5.97 Å². The number of hydrogen-bond donors (Lipinski definition) is 2. The van der Waals surface area contributed by atoms with Gasteiger partial charge in [-0.3, -0.25) is 9.48 Å². The van der Waals surface area contributed by atoms with Crippen molar-refractivity contribution in [1.82, 2.24) is 9.78 Å². The first-order chi connectivity index (χ1) is 9.52. The van der Waals surface area contributed by atoms with Crippen molar-refractivity contribution in [3.05, 3.63) is 41.7 Å². The molecule has 2 aromatic rings. The summed E-state index contributed by atoms with van der Waals surface area (Å²) in [7, 11) is 2.96. The zero-order valence-corrected chi connectivity index (χ0v) is 11.0. The Balaban J connectivity index is 2.24. The monoisotopic (exact) mass is 275 g/mol. The molecule has 1 aromatic heterocycles. The Kier molecular flexibility index (Phi) is 3.69. The number of hydrogen-bond acceptors (Lipinski definition) is 4. The second-order valence-corrected chi connectivity index (χ2v) is 4.00. The number of benzene rings is 1. The normalized spacial score (nSPS) is 10.1. The number of carbonyl (C=O) groups excluding carboxylic acids is 1. The van der Waals surface area contributed by atoms with Gasteiger partial charge < -0.3 is 15.2 Å². The molecule has 0 radical (unpaired) electrons. The molecule has 0 aliphatic carbocycles. The van der Waals surface area contributed by atoms with Crippen LogP contribution >= 0.6 is 0 Å². The molecule has 1 heterocycles. The molecule has 0 fully saturated rings. The van der Waals surface area contributed by atoms with E-state index in [1.807, 2.05) is 0 Å². The molecule has 0 atom stereocenters. The van der Waals surface area contributed by atoms with Crippen molar-refractivity contribution >= 4 is 17.6 Å². The lowest BCUT2D eigenvalue weighted by Crippen LogP contribution is -2.13. The van der Waals surface area contributed by atoms with E-state index in [1.165, 1.54) is 20.2 Å². The van der Waals surface area contributed by atoms with Crippen LogP contribution in [0.2, 0.25) is 0 Å². The van der Waals surface area contributed by atoms with E-state index in [0.29, 0.717) is 11.4 Å². The van der Waals surface area contributed by atoms with Crippen molar-refractivity contribution in [3.8, 4) is 5.75 Å². The van der Waals surface area contributed by atoms with E-state index in [2.05, 4.69) is 10.4 Å². The predicted octanol–water partition coefficient (Wildman–Crippen LogP) is 1.38. The minimum absolute atomic E-state index is 0.0239. The number of nitrogens with zero attached hydrogens (tertiary/aromatic N) is 2. The van der Waals surface area contributed by atoms with Gasteiger partial charge in [-0.25, -0.2) is 4.79 Å². The third-order valence-electron chi connectivity index (χ3n) is 2.69. The SMILES string of the molecule is COc1ccccc1NC(=O)c1cc(C(=O)O)n(C)n1. The van der Waals surface area contributed by atoms with E-state index in [9.17, 15) is 9.59 Å². The van der Waals surface area contributed by atoms with Crippen LogP contribution in [0.5, 0.6) is 5.75 Å². The summed E-state index contributed by atoms with van der Waals surface area (Å²) >= 11 is 0. The highest BCUT2D eigenvalue weighted by Crippen LogP contribution is 2.23. The van der Waals surface area contributed by atoms with E-state index < -0.39 is 11.9 Å². The minimum Gasteiger partial charge on any atom is -0.495 e. The zero-order valence-electron chi connectivity index (χ0n) is 11.0. The van der Waals surface area contributed by atoms with Crippen LogP contribution in [-0.4, -0.2) is 33.9 Å². The minimum atomic E-state index is -1.14. The lowest BCUT2D eigenvalue weighted by Gasteiger charge is -2.08. The van der Waals surface area contributed by atoms with E-state index >= 15 is 0 Å². The number of aromatic carboxylic acids is 1. The highest BCUT2D eigenvalue weighted by atomic mass is 16.5. The standard InChI is InChI=1S/C13H13N3O4/c1-16-10(13(18)19)7-9(15-16)12(17)14-8-5-3-4-6-11(8)20-2/h3-7H,1-2H3,(H,14,17)(H,18,19). The molecule has 0 spiro atoms. The molecular weight excluding hydrogens is 262 g/mol. The third-order valence-corrected chi connectivity index (χ3v) is 2.69. The zero-order chi connectivity index (χ0) is 14.7. The van der Waals surface area contributed by atoms with Gasteiger partial charge in [-0.2, -0.15) is 5.10 Å². The van der Waals surface area contributed by atoms with Gasteiger partial charge in [-0.05, 0) is 12.1 Å². The Morgan fingerprint density at radius 1 is 1.35 bits per heavy atom. The number of carboxylic acids is 1. The number of para-hydroxylation sites is 2. The first kappa shape index (κ1) is 13.6. The van der Waals surface area contributed by atoms with Crippen LogP contribution in [0.3, 0.4) is 0 Å². The molecule has 0 bridgehead atoms. The highest BCUT2D eigenvalue weighted by Gasteiger charge is 2.17. The average molecular weight is 275 g/mol. The Hall–Kier alpha value is -2.83. The topological polar surface area (TPSA) is 93.5 Å². The summed E-state index contributed by atoms with van der Waals surface area (Å²) in [6.45, 7) is 0. The number of aryl methyl sites for hydroxylation is 1. The lowest BCUT2D eigenvalue weighted by atomic mass is 10.2. The van der Waals surface area contributed by atoms with Crippen LogP contribution in [0.4, 0.5) is 5.69 Å². The van der Waals surface area contributed by atoms with E-state index in [4.69, 9.17) is 9.84 Å². The first-order valence-electron chi connectivity index (χ1n) is 5.74. The molecule has 7 heteroatoms. The number of methoxy groups -OCH3 is 1. The fourth-order valence-electron chi connectivity index (χ4n) is 1.71. The van der Waals surface area contributed by atoms with Gasteiger partial charge in [0.25, 0.3) is 5.91 Å². The predicted molar refractivity (Wildman–Crippen MR) is 71.1 cm³/mol. The average Bonchev–Trinajstić information content (AvgIpc) is 2.81. The quantitative estimate of drug-likeness (QED) is 0.879. The maximum atomic E-state index is 12.0. The highest BCUT2D eigenvalue weighted by molar-refractivity contribution is 6.04. The smallest absolute Gasteiger partial charge is 0.354 e. The molecule has 0 aliphatic heterocycles. The molecular formula is C13H13N3O4. The first-order valence-corrected chi connectivity index (χ1v) is 5.74. The van der Waals surface area contributed by atoms with Gasteiger partial charge in [-0.1, -0.05) is 12.1 Å². The molecule has 104 valence electrons. The molecule has 0 unspecified atom stereocenters. The number of carboxylic acid groups (broad SMARTS) is 1. The summed E-state index contributed by atoms with van der Waals surface area (Å²) in [5, 5.41) is 15.4. The molecule has 7 nitrogen and oxygen atoms in total. The summed E-state index contributed by atoms with van der Waals surface area (Å²) in [4.78, 5) is 22.9. The number of aromatic nitrogens is 2. The Bertz CT molecular complexity index is 663. The Morgan fingerprint density at radius 3 is 2.65 bits per heavy atom. The summed E-state index contributed by atoms with van der Waals surface area (Å²) < 4.78 is 6.25. The van der Waals surface area contributed by atoms with Crippen LogP contribution in [0, 0.1) is 0 Å². The van der Waals surface area contributed by atoms with Crippen LogP contribution in [0.15, 0.2) is 30.3 Å². The summed E-state index contributed by atoms with van der Waals surface area (Å²) in [5.41, 5.74) is 0.452. The van der Waals surface area contributed by atoms with Crippen LogP contribution < -0.4 is 10.1 Å². The van der Waals surface area contributed by atoms with Crippen molar-refractivity contribution in [3.63, 3.8) is 0 Å².